The number of nitrogens with zero attached hydrogens (tertiary/aromatic N) is 4. The van der Waals surface area contributed by atoms with Crippen molar-refractivity contribution in [2.45, 2.75) is 39.2 Å². The van der Waals surface area contributed by atoms with Gasteiger partial charge in [0.15, 0.2) is 17.3 Å². The predicted molar refractivity (Wildman–Crippen MR) is 118 cm³/mol. The number of amides is 1. The SMILES string of the molecule is CC(C)Nc1c(F)c(Cl)c(-c2cn3cc(NC(=O)C4CCC4)nc3cn2)c2cn[nH]c12. The van der Waals surface area contributed by atoms with Crippen LogP contribution in [0.3, 0.4) is 0 Å². The van der Waals surface area contributed by atoms with Crippen LogP contribution >= 0.6 is 11.6 Å². The first kappa shape index (κ1) is 19.7. The molecule has 1 fully saturated rings. The summed E-state index contributed by atoms with van der Waals surface area (Å²) in [7, 11) is 0. The molecule has 1 aliphatic rings. The second-order valence-electron chi connectivity index (χ2n) is 8.12. The number of anilines is 2. The first-order valence-electron chi connectivity index (χ1n) is 10.2. The van der Waals surface area contributed by atoms with Gasteiger partial charge in [-0.2, -0.15) is 5.10 Å². The van der Waals surface area contributed by atoms with Gasteiger partial charge in [-0.05, 0) is 26.7 Å². The lowest BCUT2D eigenvalue weighted by molar-refractivity contribution is -0.122. The number of nitrogens with one attached hydrogen (secondary N) is 3. The third kappa shape index (κ3) is 3.38. The molecule has 160 valence electrons. The third-order valence-corrected chi connectivity index (χ3v) is 5.90. The van der Waals surface area contributed by atoms with Gasteiger partial charge in [0.1, 0.15) is 0 Å². The lowest BCUT2D eigenvalue weighted by atomic mass is 9.85. The highest BCUT2D eigenvalue weighted by molar-refractivity contribution is 6.35. The van der Waals surface area contributed by atoms with Gasteiger partial charge in [0.05, 0.1) is 40.5 Å². The summed E-state index contributed by atoms with van der Waals surface area (Å²) in [6, 6.07) is 0.0110. The number of benzene rings is 1. The molecule has 4 aromatic rings. The molecular formula is C21H21ClFN7O. The zero-order valence-electron chi connectivity index (χ0n) is 17.0. The fraction of sp³-hybridized carbons (Fsp3) is 0.333. The number of aromatic amines is 1. The average Bonchev–Trinajstić information content (AvgIpc) is 3.30. The molecular weight excluding hydrogens is 421 g/mol. The van der Waals surface area contributed by atoms with Crippen molar-refractivity contribution in [2.75, 3.05) is 10.6 Å². The minimum atomic E-state index is -0.567. The van der Waals surface area contributed by atoms with E-state index >= 15 is 4.39 Å². The largest absolute Gasteiger partial charge is 0.379 e. The summed E-state index contributed by atoms with van der Waals surface area (Å²) in [6.07, 6.45) is 9.50. The number of rotatable bonds is 5. The van der Waals surface area contributed by atoms with E-state index in [9.17, 15) is 4.79 Å². The Balaban J connectivity index is 1.57. The number of carbonyl (C=O) groups excluding carboxylic acids is 1. The Morgan fingerprint density at radius 2 is 2.13 bits per heavy atom. The van der Waals surface area contributed by atoms with E-state index in [4.69, 9.17) is 11.6 Å². The molecule has 3 aromatic heterocycles. The van der Waals surface area contributed by atoms with Crippen molar-refractivity contribution < 1.29 is 9.18 Å². The Labute approximate surface area is 182 Å². The van der Waals surface area contributed by atoms with Gasteiger partial charge in [-0.3, -0.25) is 14.9 Å². The summed E-state index contributed by atoms with van der Waals surface area (Å²) in [5.74, 6) is -0.0601. The fourth-order valence-electron chi connectivity index (χ4n) is 3.78. The average molecular weight is 442 g/mol. The fourth-order valence-corrected chi connectivity index (χ4v) is 4.07. The summed E-state index contributed by atoms with van der Waals surface area (Å²) in [5, 5.41) is 13.5. The van der Waals surface area contributed by atoms with Crippen molar-refractivity contribution >= 4 is 45.6 Å². The van der Waals surface area contributed by atoms with Crippen LogP contribution in [0.15, 0.2) is 24.8 Å². The van der Waals surface area contributed by atoms with Crippen LogP contribution in [0, 0.1) is 11.7 Å². The van der Waals surface area contributed by atoms with E-state index in [0.717, 1.165) is 19.3 Å². The topological polar surface area (TPSA) is 100 Å². The van der Waals surface area contributed by atoms with Crippen LogP contribution in [-0.4, -0.2) is 36.5 Å². The minimum absolute atomic E-state index is 0.0110. The Bertz CT molecular complexity index is 1310. The molecule has 0 bridgehead atoms. The number of hydrogen-bond donors (Lipinski definition) is 3. The van der Waals surface area contributed by atoms with Crippen LogP contribution in [0.2, 0.25) is 5.02 Å². The highest BCUT2D eigenvalue weighted by Gasteiger charge is 2.26. The van der Waals surface area contributed by atoms with Gasteiger partial charge in [0, 0.05) is 29.1 Å². The molecule has 0 atom stereocenters. The Morgan fingerprint density at radius 3 is 2.84 bits per heavy atom. The van der Waals surface area contributed by atoms with Crippen molar-refractivity contribution in [1.29, 1.82) is 0 Å². The van der Waals surface area contributed by atoms with Crippen molar-refractivity contribution in [3.8, 4) is 11.3 Å². The van der Waals surface area contributed by atoms with E-state index in [0.29, 0.717) is 33.6 Å². The van der Waals surface area contributed by atoms with Crippen molar-refractivity contribution in [3.63, 3.8) is 0 Å². The van der Waals surface area contributed by atoms with Crippen LogP contribution in [-0.2, 0) is 4.79 Å². The summed E-state index contributed by atoms with van der Waals surface area (Å²) in [5.41, 5.74) is 2.26. The maximum atomic E-state index is 15.2. The number of halogens is 2. The van der Waals surface area contributed by atoms with Gasteiger partial charge in [-0.25, -0.2) is 9.37 Å². The predicted octanol–water partition coefficient (Wildman–Crippen LogP) is 4.62. The Morgan fingerprint density at radius 1 is 1.32 bits per heavy atom. The van der Waals surface area contributed by atoms with Gasteiger partial charge >= 0.3 is 0 Å². The van der Waals surface area contributed by atoms with E-state index in [1.807, 2.05) is 13.8 Å². The Hall–Kier alpha value is -3.20. The summed E-state index contributed by atoms with van der Waals surface area (Å²) in [4.78, 5) is 21.1. The van der Waals surface area contributed by atoms with Crippen LogP contribution in [0.5, 0.6) is 0 Å². The molecule has 8 nitrogen and oxygen atoms in total. The number of carbonyl (C=O) groups is 1. The van der Waals surface area contributed by atoms with Crippen molar-refractivity contribution in [2.24, 2.45) is 5.92 Å². The first-order valence-corrected chi connectivity index (χ1v) is 10.6. The number of imidazole rings is 1. The summed E-state index contributed by atoms with van der Waals surface area (Å²) < 4.78 is 16.9. The lowest BCUT2D eigenvalue weighted by Gasteiger charge is -2.23. The molecule has 10 heteroatoms. The van der Waals surface area contributed by atoms with Crippen molar-refractivity contribution in [3.05, 3.63) is 35.6 Å². The zero-order chi connectivity index (χ0) is 21.7. The number of H-pyrrole nitrogens is 1. The minimum Gasteiger partial charge on any atom is -0.379 e. The molecule has 1 aromatic carbocycles. The van der Waals surface area contributed by atoms with Crippen molar-refractivity contribution in [1.82, 2.24) is 24.6 Å². The lowest BCUT2D eigenvalue weighted by Crippen LogP contribution is -2.28. The maximum absolute atomic E-state index is 15.2. The molecule has 3 N–H and O–H groups in total. The summed E-state index contributed by atoms with van der Waals surface area (Å²) in [6.45, 7) is 3.83. The van der Waals surface area contributed by atoms with Crippen LogP contribution in [0.1, 0.15) is 33.1 Å². The molecule has 1 aliphatic carbocycles. The molecule has 5 rings (SSSR count). The normalized spacial score (nSPS) is 14.4. The second kappa shape index (κ2) is 7.49. The van der Waals surface area contributed by atoms with Gasteiger partial charge < -0.3 is 15.0 Å². The second-order valence-corrected chi connectivity index (χ2v) is 8.49. The maximum Gasteiger partial charge on any atom is 0.228 e. The van der Waals surface area contributed by atoms with Gasteiger partial charge in [-0.15, -0.1) is 0 Å². The number of aromatic nitrogens is 5. The summed E-state index contributed by atoms with van der Waals surface area (Å²) >= 11 is 6.46. The molecule has 1 saturated carbocycles. The third-order valence-electron chi connectivity index (χ3n) is 5.55. The standard InChI is InChI=1S/C21H21ClFN7O/c1-10(2)26-20-18(23)17(22)16(12-6-25-29-19(12)20)13-8-30-9-14(27-15(30)7-24-13)28-21(31)11-4-3-5-11/h6-11,26H,3-5H2,1-2H3,(H,25,29)(H,28,31). The van der Waals surface area contributed by atoms with E-state index in [1.165, 1.54) is 0 Å². The van der Waals surface area contributed by atoms with Crippen LogP contribution < -0.4 is 10.6 Å². The molecule has 31 heavy (non-hydrogen) atoms. The Kier molecular flexibility index (Phi) is 4.77. The molecule has 0 radical (unpaired) electrons. The first-order chi connectivity index (χ1) is 14.9. The van der Waals surface area contributed by atoms with E-state index < -0.39 is 5.82 Å². The molecule has 0 unspecified atom stereocenters. The molecule has 0 aliphatic heterocycles. The van der Waals surface area contributed by atoms with Gasteiger partial charge in [-0.1, -0.05) is 18.0 Å². The highest BCUT2D eigenvalue weighted by atomic mass is 35.5. The van der Waals surface area contributed by atoms with Crippen LogP contribution in [0.4, 0.5) is 15.9 Å². The van der Waals surface area contributed by atoms with E-state index in [-0.39, 0.29) is 28.6 Å². The highest BCUT2D eigenvalue weighted by Crippen LogP contribution is 2.40. The molecule has 3 heterocycles. The molecule has 0 saturated heterocycles. The smallest absolute Gasteiger partial charge is 0.228 e. The quantitative estimate of drug-likeness (QED) is 0.419. The number of fused-ring (bicyclic) bond motifs is 2. The van der Waals surface area contributed by atoms with Gasteiger partial charge in [0.25, 0.3) is 0 Å². The monoisotopic (exact) mass is 441 g/mol. The molecule has 1 amide bonds. The molecule has 0 spiro atoms. The zero-order valence-corrected chi connectivity index (χ0v) is 17.8. The number of hydrogen-bond acceptors (Lipinski definition) is 5. The van der Waals surface area contributed by atoms with E-state index in [2.05, 4.69) is 30.8 Å². The van der Waals surface area contributed by atoms with Crippen LogP contribution in [0.25, 0.3) is 27.8 Å². The van der Waals surface area contributed by atoms with E-state index in [1.54, 1.807) is 29.2 Å². The van der Waals surface area contributed by atoms with Gasteiger partial charge in [0.2, 0.25) is 5.91 Å².